The van der Waals surface area contributed by atoms with Gasteiger partial charge in [0, 0.05) is 45.4 Å². The molecule has 0 aromatic heterocycles. The third-order valence-corrected chi connectivity index (χ3v) is 4.55. The monoisotopic (exact) mass is 348 g/mol. The van der Waals surface area contributed by atoms with Crippen molar-refractivity contribution in [3.05, 3.63) is 41.5 Å². The Kier molecular flexibility index (Phi) is 8.41. The lowest BCUT2D eigenvalue weighted by Gasteiger charge is -2.41. The van der Waals surface area contributed by atoms with Crippen molar-refractivity contribution in [1.82, 2.24) is 9.80 Å². The Morgan fingerprint density at radius 3 is 2.80 bits per heavy atom. The molecule has 0 saturated carbocycles. The summed E-state index contributed by atoms with van der Waals surface area (Å²) >= 11 is 0. The Bertz CT molecular complexity index is 543. The van der Waals surface area contributed by atoms with Crippen molar-refractivity contribution in [2.45, 2.75) is 32.9 Å². The molecule has 1 saturated heterocycles. The summed E-state index contributed by atoms with van der Waals surface area (Å²) in [7, 11) is 0. The van der Waals surface area contributed by atoms with Gasteiger partial charge in [-0.05, 0) is 38.0 Å². The van der Waals surface area contributed by atoms with Crippen molar-refractivity contribution < 1.29 is 14.9 Å². The van der Waals surface area contributed by atoms with Crippen LogP contribution in [-0.2, 0) is 6.54 Å². The van der Waals surface area contributed by atoms with Crippen LogP contribution in [0.25, 0.3) is 0 Å². The Balaban J connectivity index is 1.94. The minimum absolute atomic E-state index is 0.0285. The molecule has 5 nitrogen and oxygen atoms in total. The van der Waals surface area contributed by atoms with Gasteiger partial charge in [0.1, 0.15) is 12.4 Å². The fourth-order valence-corrected chi connectivity index (χ4v) is 3.22. The molecule has 1 heterocycles. The number of aliphatic hydroxyl groups is 2. The van der Waals surface area contributed by atoms with Crippen LogP contribution in [0.4, 0.5) is 0 Å². The second-order valence-corrected chi connectivity index (χ2v) is 6.90. The molecule has 25 heavy (non-hydrogen) atoms. The van der Waals surface area contributed by atoms with Crippen molar-refractivity contribution in [2.24, 2.45) is 0 Å². The minimum atomic E-state index is 0.0285. The fourth-order valence-electron chi connectivity index (χ4n) is 3.22. The molecule has 1 aliphatic heterocycles. The molecule has 5 heteroatoms. The number of hydrogen-bond acceptors (Lipinski definition) is 5. The molecule has 0 aliphatic carbocycles. The maximum Gasteiger partial charge on any atom is 0.119 e. The SMILES string of the molecule is CC(C)=CCN1CCN(Cc2cccc(OCCO)c2)C[C@@H]1CCO. The lowest BCUT2D eigenvalue weighted by molar-refractivity contribution is 0.0636. The first-order chi connectivity index (χ1) is 12.1. The molecule has 1 fully saturated rings. The van der Waals surface area contributed by atoms with Gasteiger partial charge in [0.05, 0.1) is 6.61 Å². The van der Waals surface area contributed by atoms with E-state index in [1.807, 2.05) is 18.2 Å². The van der Waals surface area contributed by atoms with E-state index in [0.717, 1.165) is 44.9 Å². The molecule has 2 N–H and O–H groups in total. The Hall–Kier alpha value is -1.40. The largest absolute Gasteiger partial charge is 0.491 e. The number of ether oxygens (including phenoxy) is 1. The van der Waals surface area contributed by atoms with Gasteiger partial charge in [-0.3, -0.25) is 9.80 Å². The van der Waals surface area contributed by atoms with Crippen LogP contribution in [0.3, 0.4) is 0 Å². The molecule has 0 unspecified atom stereocenters. The maximum absolute atomic E-state index is 9.41. The van der Waals surface area contributed by atoms with E-state index < -0.39 is 0 Å². The molecule has 1 aliphatic rings. The van der Waals surface area contributed by atoms with Crippen LogP contribution < -0.4 is 4.74 Å². The highest BCUT2D eigenvalue weighted by Gasteiger charge is 2.25. The summed E-state index contributed by atoms with van der Waals surface area (Å²) in [6, 6.07) is 8.47. The lowest BCUT2D eigenvalue weighted by atomic mass is 10.1. The smallest absolute Gasteiger partial charge is 0.119 e. The Morgan fingerprint density at radius 1 is 1.24 bits per heavy atom. The van der Waals surface area contributed by atoms with Gasteiger partial charge < -0.3 is 14.9 Å². The number of benzene rings is 1. The van der Waals surface area contributed by atoms with Gasteiger partial charge in [0.25, 0.3) is 0 Å². The molecule has 1 aromatic carbocycles. The Morgan fingerprint density at radius 2 is 2.08 bits per heavy atom. The second-order valence-electron chi connectivity index (χ2n) is 6.90. The highest BCUT2D eigenvalue weighted by Crippen LogP contribution is 2.19. The van der Waals surface area contributed by atoms with Gasteiger partial charge in [0.15, 0.2) is 0 Å². The maximum atomic E-state index is 9.41. The standard InChI is InChI=1S/C20H32N2O3/c1-17(2)6-8-22-10-9-21(16-19(22)7-11-23)15-18-4-3-5-20(14-18)25-13-12-24/h3-6,14,19,23-24H,7-13,15-16H2,1-2H3/t19-/m0/s1. The second kappa shape index (κ2) is 10.6. The van der Waals surface area contributed by atoms with E-state index >= 15 is 0 Å². The number of hydrogen-bond donors (Lipinski definition) is 2. The van der Waals surface area contributed by atoms with Crippen molar-refractivity contribution in [3.8, 4) is 5.75 Å². The molecule has 0 radical (unpaired) electrons. The summed E-state index contributed by atoms with van der Waals surface area (Å²) < 4.78 is 5.50. The number of nitrogens with zero attached hydrogens (tertiary/aromatic N) is 2. The van der Waals surface area contributed by atoms with Gasteiger partial charge in [-0.25, -0.2) is 0 Å². The molecular formula is C20H32N2O3. The number of allylic oxidation sites excluding steroid dienone is 1. The summed E-state index contributed by atoms with van der Waals surface area (Å²) in [5.74, 6) is 0.806. The van der Waals surface area contributed by atoms with Gasteiger partial charge in [0.2, 0.25) is 0 Å². The predicted octanol–water partition coefficient (Wildman–Crippen LogP) is 1.89. The van der Waals surface area contributed by atoms with Gasteiger partial charge in [-0.1, -0.05) is 23.8 Å². The fraction of sp³-hybridized carbons (Fsp3) is 0.600. The van der Waals surface area contributed by atoms with Crippen LogP contribution in [0.2, 0.25) is 0 Å². The van der Waals surface area contributed by atoms with Crippen LogP contribution in [0.5, 0.6) is 5.75 Å². The van der Waals surface area contributed by atoms with E-state index in [9.17, 15) is 5.11 Å². The van der Waals surface area contributed by atoms with E-state index in [4.69, 9.17) is 9.84 Å². The van der Waals surface area contributed by atoms with Crippen molar-refractivity contribution >= 4 is 0 Å². The van der Waals surface area contributed by atoms with Crippen LogP contribution >= 0.6 is 0 Å². The summed E-state index contributed by atoms with van der Waals surface area (Å²) in [5.41, 5.74) is 2.56. The van der Waals surface area contributed by atoms with Crippen LogP contribution in [0.15, 0.2) is 35.9 Å². The third-order valence-electron chi connectivity index (χ3n) is 4.55. The first-order valence-electron chi connectivity index (χ1n) is 9.15. The minimum Gasteiger partial charge on any atom is -0.491 e. The number of aliphatic hydroxyl groups excluding tert-OH is 2. The topological polar surface area (TPSA) is 56.2 Å². The molecule has 140 valence electrons. The predicted molar refractivity (Wildman–Crippen MR) is 101 cm³/mol. The molecule has 1 atom stereocenters. The van der Waals surface area contributed by atoms with Gasteiger partial charge in [-0.2, -0.15) is 0 Å². The number of piperazine rings is 1. The molecule has 2 rings (SSSR count). The van der Waals surface area contributed by atoms with Gasteiger partial charge >= 0.3 is 0 Å². The van der Waals surface area contributed by atoms with E-state index in [2.05, 4.69) is 35.8 Å². The summed E-state index contributed by atoms with van der Waals surface area (Å²) in [4.78, 5) is 4.92. The zero-order valence-electron chi connectivity index (χ0n) is 15.5. The van der Waals surface area contributed by atoms with Crippen molar-refractivity contribution in [3.63, 3.8) is 0 Å². The van der Waals surface area contributed by atoms with E-state index in [1.54, 1.807) is 0 Å². The van der Waals surface area contributed by atoms with E-state index in [-0.39, 0.29) is 13.2 Å². The van der Waals surface area contributed by atoms with Crippen LogP contribution in [-0.4, -0.2) is 72.1 Å². The van der Waals surface area contributed by atoms with Gasteiger partial charge in [-0.15, -0.1) is 0 Å². The van der Waals surface area contributed by atoms with Crippen molar-refractivity contribution in [2.75, 3.05) is 46.0 Å². The first kappa shape index (κ1) is 19.9. The normalized spacial score (nSPS) is 19.0. The zero-order chi connectivity index (χ0) is 18.1. The zero-order valence-corrected chi connectivity index (χ0v) is 15.5. The van der Waals surface area contributed by atoms with Crippen molar-refractivity contribution in [1.29, 1.82) is 0 Å². The lowest BCUT2D eigenvalue weighted by Crippen LogP contribution is -2.53. The third kappa shape index (κ3) is 6.78. The molecule has 1 aromatic rings. The quantitative estimate of drug-likeness (QED) is 0.668. The van der Waals surface area contributed by atoms with E-state index in [0.29, 0.717) is 12.6 Å². The highest BCUT2D eigenvalue weighted by atomic mass is 16.5. The Labute approximate surface area is 151 Å². The molecule has 0 bridgehead atoms. The summed E-state index contributed by atoms with van der Waals surface area (Å²) in [5, 5.41) is 18.3. The summed E-state index contributed by atoms with van der Waals surface area (Å²) in [6.45, 7) is 9.71. The van der Waals surface area contributed by atoms with Crippen LogP contribution in [0.1, 0.15) is 25.8 Å². The average Bonchev–Trinajstić information content (AvgIpc) is 2.60. The number of rotatable bonds is 9. The molecular weight excluding hydrogens is 316 g/mol. The van der Waals surface area contributed by atoms with Crippen LogP contribution in [0, 0.1) is 0 Å². The first-order valence-corrected chi connectivity index (χ1v) is 9.15. The van der Waals surface area contributed by atoms with E-state index in [1.165, 1.54) is 11.1 Å². The molecule has 0 spiro atoms. The highest BCUT2D eigenvalue weighted by molar-refractivity contribution is 5.28. The summed E-state index contributed by atoms with van der Waals surface area (Å²) in [6.07, 6.45) is 3.08. The average molecular weight is 348 g/mol. The molecule has 0 amide bonds.